The first kappa shape index (κ1) is 15.8. The van der Waals surface area contributed by atoms with Crippen molar-refractivity contribution in [3.8, 4) is 0 Å². The van der Waals surface area contributed by atoms with E-state index in [9.17, 15) is 4.79 Å². The van der Waals surface area contributed by atoms with Gasteiger partial charge in [0.25, 0.3) is 5.91 Å². The van der Waals surface area contributed by atoms with Crippen LogP contribution in [0.15, 0.2) is 71.5 Å². The largest absolute Gasteiger partial charge is 0.340 e. The Morgan fingerprint density at radius 2 is 1.88 bits per heavy atom. The van der Waals surface area contributed by atoms with Gasteiger partial charge in [0, 0.05) is 28.6 Å². The van der Waals surface area contributed by atoms with E-state index in [0.717, 1.165) is 28.8 Å². The minimum absolute atomic E-state index is 0.163. The van der Waals surface area contributed by atoms with Crippen molar-refractivity contribution in [2.75, 3.05) is 16.8 Å². The Labute approximate surface area is 154 Å². The maximum Gasteiger partial charge on any atom is 0.257 e. The van der Waals surface area contributed by atoms with Gasteiger partial charge in [0.15, 0.2) is 0 Å². The zero-order valence-electron chi connectivity index (χ0n) is 13.4. The fraction of sp³-hybridized carbons (Fsp3) is 0.100. The molecule has 1 aliphatic rings. The molecule has 0 unspecified atom stereocenters. The summed E-state index contributed by atoms with van der Waals surface area (Å²) >= 11 is 3.39. The number of amides is 1. The van der Waals surface area contributed by atoms with Gasteiger partial charge in [0.2, 0.25) is 0 Å². The lowest BCUT2D eigenvalue weighted by molar-refractivity contribution is 0.102. The molecule has 4 rings (SSSR count). The fourth-order valence-corrected chi connectivity index (χ4v) is 3.31. The van der Waals surface area contributed by atoms with E-state index in [4.69, 9.17) is 0 Å². The number of nitrogens with zero attached hydrogens (tertiary/aromatic N) is 2. The summed E-state index contributed by atoms with van der Waals surface area (Å²) in [5, 5.41) is 2.90. The third-order valence-corrected chi connectivity index (χ3v) is 4.82. The average molecular weight is 394 g/mol. The third kappa shape index (κ3) is 3.28. The predicted octanol–water partition coefficient (Wildman–Crippen LogP) is 4.79. The maximum atomic E-state index is 12.5. The monoisotopic (exact) mass is 393 g/mol. The van der Waals surface area contributed by atoms with E-state index >= 15 is 0 Å². The zero-order chi connectivity index (χ0) is 17.2. The Morgan fingerprint density at radius 1 is 1.08 bits per heavy atom. The number of aromatic nitrogens is 1. The molecule has 4 nitrogen and oxygen atoms in total. The number of halogens is 1. The summed E-state index contributed by atoms with van der Waals surface area (Å²) < 4.78 is 0.974. The van der Waals surface area contributed by atoms with Crippen LogP contribution in [0, 0.1) is 0 Å². The van der Waals surface area contributed by atoms with Crippen molar-refractivity contribution in [3.63, 3.8) is 0 Å². The topological polar surface area (TPSA) is 45.2 Å². The van der Waals surface area contributed by atoms with Gasteiger partial charge in [-0.15, -0.1) is 0 Å². The van der Waals surface area contributed by atoms with E-state index in [2.05, 4.69) is 49.3 Å². The number of carbonyl (C=O) groups excluding carboxylic acids is 1. The first-order valence-corrected chi connectivity index (χ1v) is 8.87. The van der Waals surface area contributed by atoms with Crippen molar-refractivity contribution in [1.82, 2.24) is 4.98 Å². The molecule has 0 saturated carbocycles. The van der Waals surface area contributed by atoms with E-state index in [1.165, 1.54) is 11.3 Å². The van der Waals surface area contributed by atoms with Crippen molar-refractivity contribution in [2.45, 2.75) is 6.42 Å². The number of fused-ring (bicyclic) bond motifs is 1. The highest BCUT2D eigenvalue weighted by atomic mass is 79.9. The van der Waals surface area contributed by atoms with Crippen molar-refractivity contribution in [3.05, 3.63) is 82.6 Å². The maximum absolute atomic E-state index is 12.5. The Kier molecular flexibility index (Phi) is 4.24. The zero-order valence-corrected chi connectivity index (χ0v) is 15.0. The van der Waals surface area contributed by atoms with Crippen LogP contribution >= 0.6 is 15.9 Å². The normalized spacial score (nSPS) is 12.8. The summed E-state index contributed by atoms with van der Waals surface area (Å²) in [6.45, 7) is 0.902. The number of hydrogen-bond donors (Lipinski definition) is 1. The van der Waals surface area contributed by atoms with E-state index in [1.807, 2.05) is 36.4 Å². The summed E-state index contributed by atoms with van der Waals surface area (Å²) in [6.07, 6.45) is 4.41. The van der Waals surface area contributed by atoms with Gasteiger partial charge in [-0.3, -0.25) is 9.78 Å². The van der Waals surface area contributed by atoms with Gasteiger partial charge in [-0.05, 0) is 48.4 Å². The van der Waals surface area contributed by atoms with Gasteiger partial charge in [-0.2, -0.15) is 0 Å². The first-order valence-electron chi connectivity index (χ1n) is 8.08. The molecule has 1 N–H and O–H groups in total. The van der Waals surface area contributed by atoms with Gasteiger partial charge < -0.3 is 10.2 Å². The van der Waals surface area contributed by atoms with Crippen molar-refractivity contribution >= 4 is 38.9 Å². The number of benzene rings is 2. The van der Waals surface area contributed by atoms with Crippen LogP contribution in [0.3, 0.4) is 0 Å². The Balaban J connectivity index is 1.57. The van der Waals surface area contributed by atoms with Crippen LogP contribution in [0.1, 0.15) is 15.9 Å². The molecule has 124 valence electrons. The number of carbonyl (C=O) groups is 1. The van der Waals surface area contributed by atoms with E-state index in [-0.39, 0.29) is 5.91 Å². The van der Waals surface area contributed by atoms with Crippen LogP contribution in [0.25, 0.3) is 0 Å². The number of para-hydroxylation sites is 1. The fourth-order valence-electron chi connectivity index (χ4n) is 3.04. The minimum atomic E-state index is -0.163. The predicted molar refractivity (Wildman–Crippen MR) is 103 cm³/mol. The molecule has 0 fully saturated rings. The SMILES string of the molecule is O=C(Nc1ccc(Br)cc1)c1cncc(N2CCc3ccccc32)c1. The molecule has 0 radical (unpaired) electrons. The summed E-state index contributed by atoms with van der Waals surface area (Å²) in [6, 6.07) is 17.7. The molecule has 0 bridgehead atoms. The second-order valence-corrected chi connectivity index (χ2v) is 6.84. The van der Waals surface area contributed by atoms with Crippen molar-refractivity contribution in [1.29, 1.82) is 0 Å². The van der Waals surface area contributed by atoms with Gasteiger partial charge in [-0.1, -0.05) is 34.1 Å². The van der Waals surface area contributed by atoms with Gasteiger partial charge in [-0.25, -0.2) is 0 Å². The first-order chi connectivity index (χ1) is 12.2. The Bertz CT molecular complexity index is 924. The lowest BCUT2D eigenvalue weighted by atomic mass is 10.2. The summed E-state index contributed by atoms with van der Waals surface area (Å²) in [5.41, 5.74) is 4.75. The number of rotatable bonds is 3. The van der Waals surface area contributed by atoms with Gasteiger partial charge in [0.1, 0.15) is 0 Å². The molecule has 2 aromatic carbocycles. The van der Waals surface area contributed by atoms with E-state index < -0.39 is 0 Å². The molecule has 0 atom stereocenters. The molecular formula is C20H16BrN3O. The van der Waals surface area contributed by atoms with Crippen LogP contribution in [-0.2, 0) is 6.42 Å². The minimum Gasteiger partial charge on any atom is -0.340 e. The second kappa shape index (κ2) is 6.69. The van der Waals surface area contributed by atoms with Crippen LogP contribution < -0.4 is 10.2 Å². The van der Waals surface area contributed by atoms with Crippen LogP contribution in [0.5, 0.6) is 0 Å². The third-order valence-electron chi connectivity index (χ3n) is 4.29. The summed E-state index contributed by atoms with van der Waals surface area (Å²) in [7, 11) is 0. The quantitative estimate of drug-likeness (QED) is 0.695. The second-order valence-electron chi connectivity index (χ2n) is 5.92. The number of nitrogens with one attached hydrogen (secondary N) is 1. The molecule has 1 aliphatic heterocycles. The highest BCUT2D eigenvalue weighted by molar-refractivity contribution is 9.10. The molecule has 0 spiro atoms. The van der Waals surface area contributed by atoms with E-state index in [0.29, 0.717) is 5.56 Å². The van der Waals surface area contributed by atoms with Gasteiger partial charge in [0.05, 0.1) is 17.4 Å². The van der Waals surface area contributed by atoms with Crippen LogP contribution in [0.4, 0.5) is 17.1 Å². The van der Waals surface area contributed by atoms with Crippen LogP contribution in [0.2, 0.25) is 0 Å². The molecule has 25 heavy (non-hydrogen) atoms. The average Bonchev–Trinajstić information content (AvgIpc) is 3.08. The molecular weight excluding hydrogens is 378 g/mol. The summed E-state index contributed by atoms with van der Waals surface area (Å²) in [4.78, 5) is 19.0. The molecule has 0 aliphatic carbocycles. The molecule has 0 saturated heterocycles. The summed E-state index contributed by atoms with van der Waals surface area (Å²) in [5.74, 6) is -0.163. The molecule has 5 heteroatoms. The standard InChI is InChI=1S/C20H16BrN3O/c21-16-5-7-17(8-6-16)23-20(25)15-11-18(13-22-12-15)24-10-9-14-3-1-2-4-19(14)24/h1-8,11-13H,9-10H2,(H,23,25). The van der Waals surface area contributed by atoms with E-state index in [1.54, 1.807) is 12.4 Å². The molecule has 1 aromatic heterocycles. The smallest absolute Gasteiger partial charge is 0.257 e. The number of anilines is 3. The Morgan fingerprint density at radius 3 is 2.72 bits per heavy atom. The molecule has 2 heterocycles. The number of hydrogen-bond acceptors (Lipinski definition) is 3. The highest BCUT2D eigenvalue weighted by Crippen LogP contribution is 2.34. The molecule has 3 aromatic rings. The van der Waals surface area contributed by atoms with Crippen molar-refractivity contribution in [2.24, 2.45) is 0 Å². The number of pyridine rings is 1. The highest BCUT2D eigenvalue weighted by Gasteiger charge is 2.20. The van der Waals surface area contributed by atoms with Gasteiger partial charge >= 0.3 is 0 Å². The molecule has 1 amide bonds. The van der Waals surface area contributed by atoms with Crippen LogP contribution in [-0.4, -0.2) is 17.4 Å². The Hall–Kier alpha value is -2.66. The lowest BCUT2D eigenvalue weighted by Gasteiger charge is -2.19. The lowest BCUT2D eigenvalue weighted by Crippen LogP contribution is -2.16. The van der Waals surface area contributed by atoms with Crippen molar-refractivity contribution < 1.29 is 4.79 Å².